The van der Waals surface area contributed by atoms with Crippen LogP contribution < -0.4 is 4.74 Å². The van der Waals surface area contributed by atoms with Gasteiger partial charge in [0.1, 0.15) is 5.75 Å². The molecule has 0 heterocycles. The van der Waals surface area contributed by atoms with E-state index in [0.29, 0.717) is 13.0 Å². The number of carboxylic acids is 1. The lowest BCUT2D eigenvalue weighted by Gasteiger charge is -2.14. The maximum atomic E-state index is 11.6. The normalized spacial score (nSPS) is 11.9. The van der Waals surface area contributed by atoms with Gasteiger partial charge in [0.05, 0.1) is 17.0 Å². The van der Waals surface area contributed by atoms with Crippen LogP contribution in [0.25, 0.3) is 0 Å². The van der Waals surface area contributed by atoms with Crippen molar-refractivity contribution >= 4 is 21.9 Å². The summed E-state index contributed by atoms with van der Waals surface area (Å²) in [6.07, 6.45) is 3.82. The number of aliphatic carboxylic acids is 1. The van der Waals surface area contributed by atoms with Gasteiger partial charge in [-0.2, -0.15) is 0 Å². The number of benzene rings is 2. The molecule has 2 aromatic rings. The second kappa shape index (κ2) is 9.48. The second-order valence-electron chi connectivity index (χ2n) is 5.83. The van der Waals surface area contributed by atoms with Crippen LogP contribution in [0.15, 0.2) is 53.0 Å². The molecule has 0 bridgehead atoms. The number of halogens is 1. The van der Waals surface area contributed by atoms with E-state index in [-0.39, 0.29) is 0 Å². The molecule has 0 aliphatic carbocycles. The van der Waals surface area contributed by atoms with Crippen molar-refractivity contribution in [2.45, 2.75) is 38.5 Å². The fraction of sp³-hybridized carbons (Fsp3) is 0.350. The monoisotopic (exact) mass is 390 g/mol. The lowest BCUT2D eigenvalue weighted by atomic mass is 9.92. The maximum absolute atomic E-state index is 11.6. The van der Waals surface area contributed by atoms with Gasteiger partial charge >= 0.3 is 5.97 Å². The van der Waals surface area contributed by atoms with Crippen LogP contribution in [-0.2, 0) is 11.2 Å². The van der Waals surface area contributed by atoms with Gasteiger partial charge in [-0.1, -0.05) is 56.2 Å². The van der Waals surface area contributed by atoms with Gasteiger partial charge in [-0.15, -0.1) is 0 Å². The SMILES string of the molecule is CCCCCOc1ccc(CC(C(=O)O)c2ccccc2)cc1Br. The van der Waals surface area contributed by atoms with Crippen LogP contribution in [0, 0.1) is 0 Å². The molecule has 4 heteroatoms. The zero-order valence-electron chi connectivity index (χ0n) is 13.9. The maximum Gasteiger partial charge on any atom is 0.311 e. The number of hydrogen-bond acceptors (Lipinski definition) is 2. The van der Waals surface area contributed by atoms with Crippen LogP contribution in [0.4, 0.5) is 0 Å². The minimum atomic E-state index is -0.808. The predicted molar refractivity (Wildman–Crippen MR) is 99.7 cm³/mol. The van der Waals surface area contributed by atoms with Gasteiger partial charge in [0.2, 0.25) is 0 Å². The standard InChI is InChI=1S/C20H23BrO3/c1-2-3-7-12-24-19-11-10-15(14-18(19)21)13-17(20(22)23)16-8-5-4-6-9-16/h4-6,8-11,14,17H,2-3,7,12-13H2,1H3,(H,22,23). The Hall–Kier alpha value is -1.81. The van der Waals surface area contributed by atoms with Crippen LogP contribution in [-0.4, -0.2) is 17.7 Å². The molecule has 0 aliphatic heterocycles. The predicted octanol–water partition coefficient (Wildman–Crippen LogP) is 5.43. The van der Waals surface area contributed by atoms with Gasteiger partial charge in [-0.25, -0.2) is 0 Å². The van der Waals surface area contributed by atoms with Gasteiger partial charge < -0.3 is 9.84 Å². The Morgan fingerprint density at radius 2 is 1.92 bits per heavy atom. The van der Waals surface area contributed by atoms with Gasteiger partial charge in [0.25, 0.3) is 0 Å². The lowest BCUT2D eigenvalue weighted by Crippen LogP contribution is -2.14. The first kappa shape index (κ1) is 18.5. The third-order valence-corrected chi connectivity index (χ3v) is 4.56. The summed E-state index contributed by atoms with van der Waals surface area (Å²) < 4.78 is 6.64. The molecule has 0 aromatic heterocycles. The minimum absolute atomic E-state index is 0.452. The van der Waals surface area contributed by atoms with Crippen molar-refractivity contribution in [2.75, 3.05) is 6.61 Å². The molecular weight excluding hydrogens is 368 g/mol. The summed E-state index contributed by atoms with van der Waals surface area (Å²) in [6.45, 7) is 2.86. The average Bonchev–Trinajstić information content (AvgIpc) is 2.58. The summed E-state index contributed by atoms with van der Waals surface area (Å²) in [5.74, 6) is -0.548. The number of rotatable bonds is 9. The van der Waals surface area contributed by atoms with E-state index in [1.165, 1.54) is 6.42 Å². The molecule has 0 fully saturated rings. The van der Waals surface area contributed by atoms with Gasteiger partial charge in [-0.3, -0.25) is 4.79 Å². The fourth-order valence-corrected chi connectivity index (χ4v) is 3.13. The van der Waals surface area contributed by atoms with E-state index in [2.05, 4.69) is 22.9 Å². The Labute approximate surface area is 151 Å². The molecule has 1 unspecified atom stereocenters. The highest BCUT2D eigenvalue weighted by atomic mass is 79.9. The molecule has 0 amide bonds. The molecule has 0 radical (unpaired) electrons. The molecule has 24 heavy (non-hydrogen) atoms. The van der Waals surface area contributed by atoms with E-state index < -0.39 is 11.9 Å². The first-order valence-corrected chi connectivity index (χ1v) is 9.10. The largest absolute Gasteiger partial charge is 0.492 e. The molecule has 1 atom stereocenters. The van der Waals surface area contributed by atoms with Crippen molar-refractivity contribution in [3.8, 4) is 5.75 Å². The van der Waals surface area contributed by atoms with E-state index in [9.17, 15) is 9.90 Å². The highest BCUT2D eigenvalue weighted by Crippen LogP contribution is 2.29. The topological polar surface area (TPSA) is 46.5 Å². The Morgan fingerprint density at radius 3 is 2.54 bits per heavy atom. The van der Waals surface area contributed by atoms with Crippen LogP contribution in [0.1, 0.15) is 43.2 Å². The summed E-state index contributed by atoms with van der Waals surface area (Å²) in [5, 5.41) is 9.54. The molecule has 0 spiro atoms. The Kier molecular flexibility index (Phi) is 7.32. The first-order valence-electron chi connectivity index (χ1n) is 8.30. The number of carboxylic acid groups (broad SMARTS) is 1. The minimum Gasteiger partial charge on any atom is -0.492 e. The van der Waals surface area contributed by atoms with Crippen molar-refractivity contribution in [3.05, 3.63) is 64.1 Å². The van der Waals surface area contributed by atoms with Crippen molar-refractivity contribution in [3.63, 3.8) is 0 Å². The van der Waals surface area contributed by atoms with Gasteiger partial charge in [0.15, 0.2) is 0 Å². The fourth-order valence-electron chi connectivity index (χ4n) is 2.59. The molecule has 2 aromatic carbocycles. The number of ether oxygens (including phenoxy) is 1. The molecule has 2 rings (SSSR count). The number of hydrogen-bond donors (Lipinski definition) is 1. The molecule has 128 valence electrons. The summed E-state index contributed by atoms with van der Waals surface area (Å²) in [4.78, 5) is 11.6. The third-order valence-electron chi connectivity index (χ3n) is 3.94. The van der Waals surface area contributed by atoms with Gasteiger partial charge in [0, 0.05) is 0 Å². The third kappa shape index (κ3) is 5.38. The van der Waals surface area contributed by atoms with Crippen LogP contribution >= 0.6 is 15.9 Å². The highest BCUT2D eigenvalue weighted by Gasteiger charge is 2.20. The smallest absolute Gasteiger partial charge is 0.311 e. The van der Waals surface area contributed by atoms with E-state index in [4.69, 9.17) is 4.74 Å². The van der Waals surface area contributed by atoms with Crippen molar-refractivity contribution in [1.82, 2.24) is 0 Å². The molecule has 3 nitrogen and oxygen atoms in total. The second-order valence-corrected chi connectivity index (χ2v) is 6.68. The number of unbranched alkanes of at least 4 members (excludes halogenated alkanes) is 2. The molecule has 0 saturated heterocycles. The van der Waals surface area contributed by atoms with Crippen molar-refractivity contribution < 1.29 is 14.6 Å². The Balaban J connectivity index is 2.06. The number of carbonyl (C=O) groups is 1. The van der Waals surface area contributed by atoms with Crippen LogP contribution in [0.5, 0.6) is 5.75 Å². The van der Waals surface area contributed by atoms with Crippen molar-refractivity contribution in [1.29, 1.82) is 0 Å². The summed E-state index contributed by atoms with van der Waals surface area (Å²) in [7, 11) is 0. The molecule has 0 saturated carbocycles. The van der Waals surface area contributed by atoms with Gasteiger partial charge in [-0.05, 0) is 52.0 Å². The molecular formula is C20H23BrO3. The lowest BCUT2D eigenvalue weighted by molar-refractivity contribution is -0.138. The van der Waals surface area contributed by atoms with Crippen molar-refractivity contribution in [2.24, 2.45) is 0 Å². The summed E-state index contributed by atoms with van der Waals surface area (Å²) in [5.41, 5.74) is 1.79. The highest BCUT2D eigenvalue weighted by molar-refractivity contribution is 9.10. The van der Waals surface area contributed by atoms with E-state index in [0.717, 1.165) is 34.2 Å². The zero-order chi connectivity index (χ0) is 17.4. The zero-order valence-corrected chi connectivity index (χ0v) is 15.5. The summed E-state index contributed by atoms with van der Waals surface area (Å²) >= 11 is 3.53. The molecule has 0 aliphatic rings. The first-order chi connectivity index (χ1) is 11.6. The van der Waals surface area contributed by atoms with E-state index >= 15 is 0 Å². The molecule has 1 N–H and O–H groups in total. The van der Waals surface area contributed by atoms with Crippen LogP contribution in [0.2, 0.25) is 0 Å². The average molecular weight is 391 g/mol. The van der Waals surface area contributed by atoms with Crippen LogP contribution in [0.3, 0.4) is 0 Å². The quantitative estimate of drug-likeness (QED) is 0.580. The van der Waals surface area contributed by atoms with E-state index in [1.807, 2.05) is 48.5 Å². The Bertz CT molecular complexity index is 655. The Morgan fingerprint density at radius 1 is 1.17 bits per heavy atom. The summed E-state index contributed by atoms with van der Waals surface area (Å²) in [6, 6.07) is 15.2. The van der Waals surface area contributed by atoms with E-state index in [1.54, 1.807) is 0 Å².